The first kappa shape index (κ1) is 29.3. The van der Waals surface area contributed by atoms with Crippen molar-refractivity contribution < 1.29 is 14.3 Å². The minimum absolute atomic E-state index is 0.287. The smallest absolute Gasteiger partial charge is 0.271 e. The highest BCUT2D eigenvalue weighted by molar-refractivity contribution is 9.10. The molecule has 5 rings (SSSR count). The Morgan fingerprint density at radius 2 is 1.79 bits per heavy atom. The van der Waals surface area contributed by atoms with Gasteiger partial charge in [0.25, 0.3) is 5.91 Å². The summed E-state index contributed by atoms with van der Waals surface area (Å²) in [5.41, 5.74) is 7.37. The number of hydrazone groups is 1. The number of carbonyl (C=O) groups is 1. The first-order chi connectivity index (χ1) is 20.5. The zero-order valence-corrected chi connectivity index (χ0v) is 25.7. The van der Waals surface area contributed by atoms with E-state index in [4.69, 9.17) is 21.1 Å². The molecule has 0 saturated carbocycles. The Kier molecular flexibility index (Phi) is 9.86. The fraction of sp³-hybridized carbons (Fsp3) is 0.0938. The van der Waals surface area contributed by atoms with E-state index in [0.717, 1.165) is 33.2 Å². The Labute approximate surface area is 261 Å². The van der Waals surface area contributed by atoms with Gasteiger partial charge in [-0.25, -0.2) is 10.4 Å². The maximum absolute atomic E-state index is 12.7. The van der Waals surface area contributed by atoms with Crippen LogP contribution in [0.2, 0.25) is 5.02 Å². The maximum Gasteiger partial charge on any atom is 0.271 e. The van der Waals surface area contributed by atoms with Crippen LogP contribution < -0.4 is 20.2 Å². The Balaban J connectivity index is 1.20. The molecule has 5 aromatic rings. The number of ether oxygens (including phenoxy) is 2. The SMILES string of the molecule is CCOc1cc(/C=N\NC(=O)c2ccc(-c3csc(Nc4ccccc4)n3)cc2)cc(Br)c1OCc1ccccc1Cl. The van der Waals surface area contributed by atoms with Crippen LogP contribution in [0.4, 0.5) is 10.8 Å². The Hall–Kier alpha value is -4.18. The average Bonchev–Trinajstić information content (AvgIpc) is 3.47. The fourth-order valence-corrected chi connectivity index (χ4v) is 5.47. The van der Waals surface area contributed by atoms with Crippen LogP contribution >= 0.6 is 38.9 Å². The number of rotatable bonds is 11. The van der Waals surface area contributed by atoms with E-state index in [-0.39, 0.29) is 12.5 Å². The molecule has 0 bridgehead atoms. The largest absolute Gasteiger partial charge is 0.490 e. The second-order valence-electron chi connectivity index (χ2n) is 8.95. The first-order valence-electron chi connectivity index (χ1n) is 13.0. The van der Waals surface area contributed by atoms with E-state index in [2.05, 4.69) is 36.8 Å². The molecule has 0 aliphatic rings. The number of carbonyl (C=O) groups excluding carboxylic acids is 1. The lowest BCUT2D eigenvalue weighted by Crippen LogP contribution is -2.17. The molecular weight excluding hydrogens is 636 g/mol. The fourth-order valence-electron chi connectivity index (χ4n) is 3.96. The highest BCUT2D eigenvalue weighted by Crippen LogP contribution is 2.37. The molecule has 0 radical (unpaired) electrons. The Morgan fingerprint density at radius 1 is 1.02 bits per heavy atom. The quantitative estimate of drug-likeness (QED) is 0.109. The van der Waals surface area contributed by atoms with Crippen molar-refractivity contribution in [3.63, 3.8) is 0 Å². The van der Waals surface area contributed by atoms with Gasteiger partial charge in [0.1, 0.15) is 6.61 Å². The van der Waals surface area contributed by atoms with Gasteiger partial charge in [0.2, 0.25) is 0 Å². The molecule has 212 valence electrons. The van der Waals surface area contributed by atoms with E-state index >= 15 is 0 Å². The average molecular weight is 662 g/mol. The van der Waals surface area contributed by atoms with Crippen LogP contribution in [0.3, 0.4) is 0 Å². The van der Waals surface area contributed by atoms with Crippen LogP contribution in [-0.4, -0.2) is 23.7 Å². The molecule has 0 unspecified atom stereocenters. The van der Waals surface area contributed by atoms with Crippen molar-refractivity contribution in [1.29, 1.82) is 0 Å². The Morgan fingerprint density at radius 3 is 2.55 bits per heavy atom. The van der Waals surface area contributed by atoms with Crippen molar-refractivity contribution in [1.82, 2.24) is 10.4 Å². The van der Waals surface area contributed by atoms with E-state index < -0.39 is 0 Å². The topological polar surface area (TPSA) is 84.8 Å². The lowest BCUT2D eigenvalue weighted by Gasteiger charge is -2.15. The summed E-state index contributed by atoms with van der Waals surface area (Å²) in [5, 5.41) is 10.8. The molecule has 1 aromatic heterocycles. The van der Waals surface area contributed by atoms with Gasteiger partial charge in [0.05, 0.1) is 23.0 Å². The number of para-hydroxylation sites is 1. The molecule has 1 amide bonds. The zero-order chi connectivity index (χ0) is 29.3. The summed E-state index contributed by atoms with van der Waals surface area (Å²) in [6.45, 7) is 2.63. The summed E-state index contributed by atoms with van der Waals surface area (Å²) < 4.78 is 12.5. The number of thiazole rings is 1. The molecule has 0 saturated heterocycles. The predicted octanol–water partition coefficient (Wildman–Crippen LogP) is 8.71. The molecular formula is C32H26BrClN4O3S. The van der Waals surface area contributed by atoms with Crippen molar-refractivity contribution in [3.8, 4) is 22.8 Å². The lowest BCUT2D eigenvalue weighted by atomic mass is 10.1. The molecule has 0 aliphatic carbocycles. The van der Waals surface area contributed by atoms with Crippen LogP contribution in [0.1, 0.15) is 28.4 Å². The van der Waals surface area contributed by atoms with E-state index in [1.807, 2.05) is 85.1 Å². The lowest BCUT2D eigenvalue weighted by molar-refractivity contribution is 0.0955. The van der Waals surface area contributed by atoms with Gasteiger partial charge in [-0.2, -0.15) is 5.10 Å². The monoisotopic (exact) mass is 660 g/mol. The van der Waals surface area contributed by atoms with Crippen molar-refractivity contribution >= 4 is 61.8 Å². The third-order valence-corrected chi connectivity index (χ3v) is 7.73. The van der Waals surface area contributed by atoms with Crippen molar-refractivity contribution in [2.75, 3.05) is 11.9 Å². The van der Waals surface area contributed by atoms with Crippen molar-refractivity contribution in [2.45, 2.75) is 13.5 Å². The van der Waals surface area contributed by atoms with Crippen molar-refractivity contribution in [3.05, 3.63) is 123 Å². The summed E-state index contributed by atoms with van der Waals surface area (Å²) in [6, 6.07) is 28.3. The standard InChI is InChI=1S/C32H26BrClN4O3S/c1-2-40-29-17-21(16-26(33)30(29)41-19-24-8-6-7-11-27(24)34)18-35-38-31(39)23-14-12-22(13-15-23)28-20-42-32(37-28)36-25-9-4-3-5-10-25/h3-18,20H,2,19H2,1H3,(H,36,37)(H,38,39)/b35-18-. The minimum Gasteiger partial charge on any atom is -0.490 e. The zero-order valence-electron chi connectivity index (χ0n) is 22.5. The van der Waals surface area contributed by atoms with E-state index in [1.165, 1.54) is 11.3 Å². The summed E-state index contributed by atoms with van der Waals surface area (Å²) >= 11 is 11.4. The van der Waals surface area contributed by atoms with Gasteiger partial charge in [-0.05, 0) is 70.9 Å². The third-order valence-electron chi connectivity index (χ3n) is 6.01. The Bertz CT molecular complexity index is 1690. The highest BCUT2D eigenvalue weighted by atomic mass is 79.9. The number of aromatic nitrogens is 1. The number of halogens is 2. The number of hydrogen-bond donors (Lipinski definition) is 2. The van der Waals surface area contributed by atoms with Crippen LogP contribution in [0.15, 0.2) is 106 Å². The molecule has 0 spiro atoms. The molecule has 0 atom stereocenters. The normalized spacial score (nSPS) is 10.9. The summed E-state index contributed by atoms with van der Waals surface area (Å²) in [6.07, 6.45) is 1.55. The molecule has 10 heteroatoms. The third kappa shape index (κ3) is 7.55. The second kappa shape index (κ2) is 14.1. The van der Waals surface area contributed by atoms with Gasteiger partial charge in [0, 0.05) is 32.8 Å². The summed E-state index contributed by atoms with van der Waals surface area (Å²) in [5.74, 6) is 0.777. The second-order valence-corrected chi connectivity index (χ2v) is 11.1. The van der Waals surface area contributed by atoms with Crippen LogP contribution in [0.25, 0.3) is 11.3 Å². The number of benzene rings is 4. The van der Waals surface area contributed by atoms with E-state index in [9.17, 15) is 4.79 Å². The number of nitrogens with zero attached hydrogens (tertiary/aromatic N) is 2. The molecule has 4 aromatic carbocycles. The van der Waals surface area contributed by atoms with E-state index in [0.29, 0.717) is 33.2 Å². The first-order valence-corrected chi connectivity index (χ1v) is 15.1. The summed E-state index contributed by atoms with van der Waals surface area (Å²) in [4.78, 5) is 17.4. The number of amides is 1. The van der Waals surface area contributed by atoms with Crippen LogP contribution in [0.5, 0.6) is 11.5 Å². The maximum atomic E-state index is 12.7. The minimum atomic E-state index is -0.327. The highest BCUT2D eigenvalue weighted by Gasteiger charge is 2.13. The number of nitrogens with one attached hydrogen (secondary N) is 2. The summed E-state index contributed by atoms with van der Waals surface area (Å²) in [7, 11) is 0. The van der Waals surface area contributed by atoms with Gasteiger partial charge in [-0.15, -0.1) is 11.3 Å². The van der Waals surface area contributed by atoms with Gasteiger partial charge < -0.3 is 14.8 Å². The molecule has 0 aliphatic heterocycles. The molecule has 7 nitrogen and oxygen atoms in total. The van der Waals surface area contributed by atoms with Gasteiger partial charge in [-0.3, -0.25) is 4.79 Å². The van der Waals surface area contributed by atoms with Gasteiger partial charge in [0.15, 0.2) is 16.6 Å². The molecule has 1 heterocycles. The van der Waals surface area contributed by atoms with Crippen molar-refractivity contribution in [2.24, 2.45) is 5.10 Å². The number of anilines is 2. The number of hydrogen-bond acceptors (Lipinski definition) is 7. The van der Waals surface area contributed by atoms with Crippen LogP contribution in [-0.2, 0) is 6.61 Å². The predicted molar refractivity (Wildman–Crippen MR) is 173 cm³/mol. The molecule has 2 N–H and O–H groups in total. The molecule has 42 heavy (non-hydrogen) atoms. The van der Waals surface area contributed by atoms with Gasteiger partial charge >= 0.3 is 0 Å². The van der Waals surface area contributed by atoms with Crippen LogP contribution in [0, 0.1) is 0 Å². The molecule has 0 fully saturated rings. The van der Waals surface area contributed by atoms with E-state index in [1.54, 1.807) is 24.4 Å². The van der Waals surface area contributed by atoms with Gasteiger partial charge in [-0.1, -0.05) is 60.1 Å².